The van der Waals surface area contributed by atoms with Gasteiger partial charge in [-0.3, -0.25) is 4.79 Å². The molecule has 0 bridgehead atoms. The van der Waals surface area contributed by atoms with Gasteiger partial charge in [-0.05, 0) is 6.07 Å². The van der Waals surface area contributed by atoms with E-state index in [-0.39, 0.29) is 6.42 Å². The average molecular weight is 308 g/mol. The molecule has 0 spiro atoms. The first-order valence-corrected chi connectivity index (χ1v) is 7.09. The Bertz CT molecular complexity index is 781. The number of aliphatic carboxylic acids is 1. The predicted octanol–water partition coefficient (Wildman–Crippen LogP) is 2.82. The Morgan fingerprint density at radius 2 is 2.20 bits per heavy atom. The Morgan fingerprint density at radius 1 is 1.40 bits per heavy atom. The van der Waals surface area contributed by atoms with Gasteiger partial charge in [0.25, 0.3) is 0 Å². The molecule has 20 heavy (non-hydrogen) atoms. The fraction of sp³-hybridized carbons (Fsp3) is 0.154. The summed E-state index contributed by atoms with van der Waals surface area (Å²) < 4.78 is 2.73. The van der Waals surface area contributed by atoms with Crippen molar-refractivity contribution in [2.75, 3.05) is 0 Å². The summed E-state index contributed by atoms with van der Waals surface area (Å²) in [5, 5.41) is 18.2. The number of carboxylic acid groups (broad SMARTS) is 1. The molecular formula is C13H10ClN3O2S. The molecule has 7 heteroatoms. The maximum Gasteiger partial charge on any atom is 0.309 e. The van der Waals surface area contributed by atoms with Crippen LogP contribution in [0.1, 0.15) is 10.6 Å². The molecule has 0 aliphatic carbocycles. The number of carbonyl (C=O) groups is 1. The van der Waals surface area contributed by atoms with E-state index < -0.39 is 5.97 Å². The molecule has 2 heterocycles. The molecule has 0 saturated carbocycles. The summed E-state index contributed by atoms with van der Waals surface area (Å²) >= 11 is 7.96. The van der Waals surface area contributed by atoms with E-state index in [9.17, 15) is 4.79 Å². The molecule has 1 aromatic carbocycles. The molecule has 0 amide bonds. The van der Waals surface area contributed by atoms with Crippen molar-refractivity contribution in [3.8, 4) is 0 Å². The van der Waals surface area contributed by atoms with Gasteiger partial charge in [0.15, 0.2) is 0 Å². The minimum Gasteiger partial charge on any atom is -0.481 e. The largest absolute Gasteiger partial charge is 0.481 e. The van der Waals surface area contributed by atoms with Gasteiger partial charge in [-0.1, -0.05) is 35.0 Å². The summed E-state index contributed by atoms with van der Waals surface area (Å²) in [6.45, 7) is 0.491. The summed E-state index contributed by atoms with van der Waals surface area (Å²) in [7, 11) is 0. The number of halogens is 1. The standard InChI is InChI=1S/C13H10ClN3O2S/c14-13-9-3-1-2-4-10(9)20-11(13)7-17-6-8(15-16-17)5-12(18)19/h1-4,6H,5,7H2,(H,18,19). The number of carboxylic acids is 1. The van der Waals surface area contributed by atoms with Crippen LogP contribution in [0, 0.1) is 0 Å². The quantitative estimate of drug-likeness (QED) is 0.805. The Morgan fingerprint density at radius 3 is 2.95 bits per heavy atom. The number of hydrogen-bond acceptors (Lipinski definition) is 4. The number of benzene rings is 1. The normalized spacial score (nSPS) is 11.1. The zero-order valence-corrected chi connectivity index (χ0v) is 11.9. The fourth-order valence-corrected chi connectivity index (χ4v) is 3.45. The summed E-state index contributed by atoms with van der Waals surface area (Å²) in [5.74, 6) is -0.919. The first-order valence-electron chi connectivity index (χ1n) is 5.90. The van der Waals surface area contributed by atoms with Gasteiger partial charge in [0.05, 0.1) is 23.7 Å². The van der Waals surface area contributed by atoms with Crippen molar-refractivity contribution in [1.29, 1.82) is 0 Å². The Balaban J connectivity index is 1.87. The van der Waals surface area contributed by atoms with Gasteiger partial charge in [0.1, 0.15) is 0 Å². The van der Waals surface area contributed by atoms with Crippen molar-refractivity contribution in [3.05, 3.63) is 46.1 Å². The maximum absolute atomic E-state index is 10.6. The first-order chi connectivity index (χ1) is 9.63. The third kappa shape index (κ3) is 2.52. The average Bonchev–Trinajstić information content (AvgIpc) is 2.96. The summed E-state index contributed by atoms with van der Waals surface area (Å²) in [6, 6.07) is 7.92. The van der Waals surface area contributed by atoms with Crippen molar-refractivity contribution in [2.45, 2.75) is 13.0 Å². The lowest BCUT2D eigenvalue weighted by atomic mass is 10.2. The van der Waals surface area contributed by atoms with Gasteiger partial charge in [0.2, 0.25) is 0 Å². The van der Waals surface area contributed by atoms with Crippen LogP contribution in [0.3, 0.4) is 0 Å². The molecule has 0 saturated heterocycles. The minimum absolute atomic E-state index is 0.125. The molecule has 3 aromatic rings. The Hall–Kier alpha value is -1.92. The fourth-order valence-electron chi connectivity index (χ4n) is 1.97. The van der Waals surface area contributed by atoms with Crippen LogP contribution in [-0.2, 0) is 17.8 Å². The molecular weight excluding hydrogens is 298 g/mol. The molecule has 0 atom stereocenters. The topological polar surface area (TPSA) is 68.0 Å². The number of rotatable bonds is 4. The highest BCUT2D eigenvalue weighted by Crippen LogP contribution is 2.35. The smallest absolute Gasteiger partial charge is 0.309 e. The SMILES string of the molecule is O=C(O)Cc1cn(Cc2sc3ccccc3c2Cl)nn1. The number of thiophene rings is 1. The number of fused-ring (bicyclic) bond motifs is 1. The highest BCUT2D eigenvalue weighted by molar-refractivity contribution is 7.19. The van der Waals surface area contributed by atoms with Gasteiger partial charge in [-0.15, -0.1) is 16.4 Å². The zero-order chi connectivity index (χ0) is 14.1. The molecule has 0 aliphatic rings. The van der Waals surface area contributed by atoms with Gasteiger partial charge in [0, 0.05) is 21.2 Å². The van der Waals surface area contributed by atoms with Crippen LogP contribution in [0.4, 0.5) is 0 Å². The Kier molecular flexibility index (Phi) is 3.42. The molecule has 5 nitrogen and oxygen atoms in total. The van der Waals surface area contributed by atoms with Gasteiger partial charge >= 0.3 is 5.97 Å². The number of hydrogen-bond donors (Lipinski definition) is 1. The second kappa shape index (κ2) is 5.22. The van der Waals surface area contributed by atoms with Crippen molar-refractivity contribution >= 4 is 39.0 Å². The van der Waals surface area contributed by atoms with Crippen LogP contribution in [0.2, 0.25) is 5.02 Å². The van der Waals surface area contributed by atoms with E-state index in [2.05, 4.69) is 10.3 Å². The molecule has 2 aromatic heterocycles. The molecule has 102 valence electrons. The highest BCUT2D eigenvalue weighted by Gasteiger charge is 2.12. The predicted molar refractivity (Wildman–Crippen MR) is 77.3 cm³/mol. The van der Waals surface area contributed by atoms with Crippen molar-refractivity contribution in [3.63, 3.8) is 0 Å². The van der Waals surface area contributed by atoms with E-state index in [1.165, 1.54) is 0 Å². The van der Waals surface area contributed by atoms with E-state index in [0.717, 1.165) is 20.0 Å². The Labute approximate surface area is 123 Å². The van der Waals surface area contributed by atoms with Gasteiger partial charge < -0.3 is 5.11 Å². The monoisotopic (exact) mass is 307 g/mol. The summed E-state index contributed by atoms with van der Waals surface area (Å²) in [6.07, 6.45) is 1.51. The van der Waals surface area contributed by atoms with E-state index in [1.54, 1.807) is 22.2 Å². The first kappa shape index (κ1) is 13.1. The van der Waals surface area contributed by atoms with Crippen LogP contribution in [-0.4, -0.2) is 26.1 Å². The molecule has 0 aliphatic heterocycles. The number of aromatic nitrogens is 3. The lowest BCUT2D eigenvalue weighted by Gasteiger charge is -1.97. The molecule has 0 radical (unpaired) electrons. The zero-order valence-electron chi connectivity index (χ0n) is 10.3. The lowest BCUT2D eigenvalue weighted by molar-refractivity contribution is -0.136. The van der Waals surface area contributed by atoms with Crippen LogP contribution in [0.25, 0.3) is 10.1 Å². The third-order valence-electron chi connectivity index (χ3n) is 2.83. The van der Waals surface area contributed by atoms with Crippen molar-refractivity contribution in [1.82, 2.24) is 15.0 Å². The highest BCUT2D eigenvalue weighted by atomic mass is 35.5. The van der Waals surface area contributed by atoms with Crippen molar-refractivity contribution in [2.24, 2.45) is 0 Å². The van der Waals surface area contributed by atoms with Crippen LogP contribution in [0.15, 0.2) is 30.5 Å². The van der Waals surface area contributed by atoms with Gasteiger partial charge in [-0.25, -0.2) is 4.68 Å². The number of nitrogens with zero attached hydrogens (tertiary/aromatic N) is 3. The van der Waals surface area contributed by atoms with Crippen LogP contribution in [0.5, 0.6) is 0 Å². The minimum atomic E-state index is -0.919. The molecule has 1 N–H and O–H groups in total. The van der Waals surface area contributed by atoms with Crippen LogP contribution < -0.4 is 0 Å². The van der Waals surface area contributed by atoms with E-state index >= 15 is 0 Å². The van der Waals surface area contributed by atoms with Gasteiger partial charge in [-0.2, -0.15) is 0 Å². The summed E-state index contributed by atoms with van der Waals surface area (Å²) in [5.41, 5.74) is 0.440. The van der Waals surface area contributed by atoms with E-state index in [4.69, 9.17) is 16.7 Å². The third-order valence-corrected chi connectivity index (χ3v) is 4.52. The second-order valence-corrected chi connectivity index (χ2v) is 5.83. The summed E-state index contributed by atoms with van der Waals surface area (Å²) in [4.78, 5) is 11.6. The molecule has 3 rings (SSSR count). The molecule has 0 unspecified atom stereocenters. The lowest BCUT2D eigenvalue weighted by Crippen LogP contribution is -2.00. The maximum atomic E-state index is 10.6. The van der Waals surface area contributed by atoms with Crippen molar-refractivity contribution < 1.29 is 9.90 Å². The van der Waals surface area contributed by atoms with E-state index in [0.29, 0.717) is 12.2 Å². The second-order valence-electron chi connectivity index (χ2n) is 4.31. The van der Waals surface area contributed by atoms with Crippen LogP contribution >= 0.6 is 22.9 Å². The van der Waals surface area contributed by atoms with E-state index in [1.807, 2.05) is 24.3 Å². The molecule has 0 fully saturated rings.